The van der Waals surface area contributed by atoms with Crippen LogP contribution in [-0.2, 0) is 21.2 Å². The second kappa shape index (κ2) is 9.30. The third-order valence-corrected chi connectivity index (χ3v) is 8.37. The number of aryl methyl sites for hydroxylation is 1. The fourth-order valence-electron chi connectivity index (χ4n) is 4.56. The molecular weight excluding hydrogens is 442 g/mol. The molecule has 2 aliphatic rings. The van der Waals surface area contributed by atoms with Crippen LogP contribution >= 0.6 is 0 Å². The molecule has 0 aromatic heterocycles. The number of hydrogen-bond acceptors (Lipinski definition) is 6. The summed E-state index contributed by atoms with van der Waals surface area (Å²) in [6.45, 7) is 8.31. The predicted octanol–water partition coefficient (Wildman–Crippen LogP) is 4.31. The fraction of sp³-hybridized carbons (Fsp3) is 0.500. The van der Waals surface area contributed by atoms with Crippen molar-refractivity contribution in [3.63, 3.8) is 0 Å². The number of nitro groups is 1. The molecule has 0 spiro atoms. The van der Waals surface area contributed by atoms with Crippen LogP contribution in [0, 0.1) is 33.8 Å². The Morgan fingerprint density at radius 1 is 1.15 bits per heavy atom. The maximum absolute atomic E-state index is 13.6. The summed E-state index contributed by atoms with van der Waals surface area (Å²) in [6, 6.07) is 11.5. The minimum Gasteiger partial charge on any atom is -0.381 e. The van der Waals surface area contributed by atoms with Gasteiger partial charge in [-0.15, -0.1) is 0 Å². The van der Waals surface area contributed by atoms with Crippen molar-refractivity contribution in [2.24, 2.45) is 23.7 Å². The Labute approximate surface area is 195 Å². The zero-order valence-electron chi connectivity index (χ0n) is 19.2. The average molecular weight is 474 g/mol. The lowest BCUT2D eigenvalue weighted by Crippen LogP contribution is -2.34. The van der Waals surface area contributed by atoms with E-state index in [2.05, 4.69) is 5.32 Å². The molecule has 1 saturated heterocycles. The first-order chi connectivity index (χ1) is 15.7. The first-order valence-electron chi connectivity index (χ1n) is 11.4. The zero-order chi connectivity index (χ0) is 23.8. The van der Waals surface area contributed by atoms with E-state index in [-0.39, 0.29) is 23.0 Å². The number of nitrogens with zero attached hydrogens (tertiary/aromatic N) is 2. The van der Waals surface area contributed by atoms with Crippen molar-refractivity contribution in [3.8, 4) is 0 Å². The Morgan fingerprint density at radius 2 is 1.82 bits per heavy atom. The molecule has 9 heteroatoms. The van der Waals surface area contributed by atoms with Crippen LogP contribution in [0.2, 0.25) is 0 Å². The number of nitro benzene ring substituents is 1. The number of anilines is 2. The summed E-state index contributed by atoms with van der Waals surface area (Å²) in [6.07, 6.45) is 0.854. The maximum Gasteiger partial charge on any atom is 0.293 e. The molecule has 1 heterocycles. The van der Waals surface area contributed by atoms with Gasteiger partial charge in [-0.05, 0) is 59.9 Å². The molecule has 1 aliphatic heterocycles. The summed E-state index contributed by atoms with van der Waals surface area (Å²) >= 11 is 0. The van der Waals surface area contributed by atoms with Gasteiger partial charge in [-0.25, -0.2) is 8.42 Å². The summed E-state index contributed by atoms with van der Waals surface area (Å²) in [5.41, 5.74) is 1.77. The normalized spacial score (nSPS) is 21.6. The molecule has 1 aliphatic carbocycles. The van der Waals surface area contributed by atoms with Gasteiger partial charge in [0.05, 0.1) is 28.7 Å². The molecule has 2 aromatic carbocycles. The van der Waals surface area contributed by atoms with Gasteiger partial charge in [0, 0.05) is 19.2 Å². The van der Waals surface area contributed by atoms with E-state index >= 15 is 0 Å². The van der Waals surface area contributed by atoms with Gasteiger partial charge in [0.2, 0.25) is 0 Å². The van der Waals surface area contributed by atoms with Gasteiger partial charge in [-0.3, -0.25) is 14.4 Å². The van der Waals surface area contributed by atoms with Gasteiger partial charge >= 0.3 is 0 Å². The van der Waals surface area contributed by atoms with Gasteiger partial charge in [0.25, 0.3) is 15.7 Å². The van der Waals surface area contributed by atoms with Crippen molar-refractivity contribution in [2.45, 2.75) is 32.1 Å². The highest BCUT2D eigenvalue weighted by Gasteiger charge is 2.53. The quantitative estimate of drug-likeness (QED) is 0.407. The summed E-state index contributed by atoms with van der Waals surface area (Å²) in [4.78, 5) is 11.2. The summed E-state index contributed by atoms with van der Waals surface area (Å²) < 4.78 is 33.9. The van der Waals surface area contributed by atoms with E-state index < -0.39 is 14.9 Å². The number of fused-ring (bicyclic) bond motifs is 1. The molecule has 0 radical (unpaired) electrons. The van der Waals surface area contributed by atoms with Crippen molar-refractivity contribution in [3.05, 3.63) is 58.1 Å². The number of benzene rings is 2. The number of hydrogen-bond donors (Lipinski definition) is 1. The molecule has 4 rings (SSSR count). The van der Waals surface area contributed by atoms with E-state index in [4.69, 9.17) is 4.74 Å². The minimum absolute atomic E-state index is 0.0727. The zero-order valence-corrected chi connectivity index (χ0v) is 20.0. The number of nitrogens with one attached hydrogen (secondary N) is 1. The van der Waals surface area contributed by atoms with Crippen molar-refractivity contribution >= 4 is 27.1 Å². The second-order valence-electron chi connectivity index (χ2n) is 9.30. The summed E-state index contributed by atoms with van der Waals surface area (Å²) in [5.74, 6) is 1.58. The standard InChI is InChI=1S/C24H31N3O5S/c1-4-17-5-7-18(8-6-17)26(13-16(2)3)33(30,31)19-9-10-23(24(11-19)27(28)29)25-12-20-21-14-32-15-22(20)21/h5-11,16,20-22,25H,4,12-15H2,1-3H3/t20-,21-,22+. The van der Waals surface area contributed by atoms with Crippen molar-refractivity contribution in [1.82, 2.24) is 0 Å². The molecule has 3 atom stereocenters. The molecule has 178 valence electrons. The Morgan fingerprint density at radius 3 is 2.39 bits per heavy atom. The van der Waals surface area contributed by atoms with E-state index in [1.54, 1.807) is 12.1 Å². The van der Waals surface area contributed by atoms with Gasteiger partial charge in [0.1, 0.15) is 5.69 Å². The van der Waals surface area contributed by atoms with Crippen LogP contribution in [0.15, 0.2) is 47.4 Å². The lowest BCUT2D eigenvalue weighted by molar-refractivity contribution is -0.384. The lowest BCUT2D eigenvalue weighted by Gasteiger charge is -2.26. The molecule has 0 amide bonds. The molecule has 1 saturated carbocycles. The van der Waals surface area contributed by atoms with Crippen LogP contribution in [0.5, 0.6) is 0 Å². The van der Waals surface area contributed by atoms with Crippen LogP contribution in [0.1, 0.15) is 26.3 Å². The van der Waals surface area contributed by atoms with Crippen LogP contribution in [-0.4, -0.2) is 39.6 Å². The molecule has 8 nitrogen and oxygen atoms in total. The van der Waals surface area contributed by atoms with Crippen molar-refractivity contribution in [2.75, 3.05) is 35.9 Å². The topological polar surface area (TPSA) is 102 Å². The van der Waals surface area contributed by atoms with Crippen LogP contribution in [0.4, 0.5) is 17.1 Å². The van der Waals surface area contributed by atoms with Gasteiger partial charge < -0.3 is 10.1 Å². The van der Waals surface area contributed by atoms with E-state index in [0.29, 0.717) is 35.7 Å². The first kappa shape index (κ1) is 23.5. The van der Waals surface area contributed by atoms with E-state index in [0.717, 1.165) is 25.2 Å². The van der Waals surface area contributed by atoms with E-state index in [1.807, 2.05) is 32.9 Å². The molecule has 1 N–H and O–H groups in total. The maximum atomic E-state index is 13.6. The summed E-state index contributed by atoms with van der Waals surface area (Å²) in [7, 11) is -3.99. The minimum atomic E-state index is -3.99. The fourth-order valence-corrected chi connectivity index (χ4v) is 6.21. The van der Waals surface area contributed by atoms with Crippen LogP contribution in [0.25, 0.3) is 0 Å². The van der Waals surface area contributed by atoms with Gasteiger partial charge in [-0.1, -0.05) is 32.9 Å². The van der Waals surface area contributed by atoms with Crippen LogP contribution in [0.3, 0.4) is 0 Å². The molecule has 2 fully saturated rings. The highest BCUT2D eigenvalue weighted by Crippen LogP contribution is 2.50. The molecule has 0 bridgehead atoms. The smallest absolute Gasteiger partial charge is 0.293 e. The van der Waals surface area contributed by atoms with Gasteiger partial charge in [0.15, 0.2) is 0 Å². The first-order valence-corrected chi connectivity index (χ1v) is 12.9. The number of ether oxygens (including phenoxy) is 1. The predicted molar refractivity (Wildman–Crippen MR) is 128 cm³/mol. The van der Waals surface area contributed by atoms with Crippen molar-refractivity contribution in [1.29, 1.82) is 0 Å². The Hall–Kier alpha value is -2.65. The molecule has 2 aromatic rings. The molecule has 0 unspecified atom stereocenters. The summed E-state index contributed by atoms with van der Waals surface area (Å²) in [5, 5.41) is 14.9. The monoisotopic (exact) mass is 473 g/mol. The SMILES string of the molecule is CCc1ccc(N(CC(C)C)S(=O)(=O)c2ccc(NC[C@@H]3[C@H]4COC[C@@H]34)c([N+](=O)[O-])c2)cc1. The van der Waals surface area contributed by atoms with E-state index in [9.17, 15) is 18.5 Å². The number of sulfonamides is 1. The highest BCUT2D eigenvalue weighted by molar-refractivity contribution is 7.92. The van der Waals surface area contributed by atoms with E-state index in [1.165, 1.54) is 22.5 Å². The average Bonchev–Trinajstić information content (AvgIpc) is 3.21. The highest BCUT2D eigenvalue weighted by atomic mass is 32.2. The molecular formula is C24H31N3O5S. The second-order valence-corrected chi connectivity index (χ2v) is 11.2. The van der Waals surface area contributed by atoms with Crippen LogP contribution < -0.4 is 9.62 Å². The Kier molecular flexibility index (Phi) is 6.63. The number of rotatable bonds is 10. The Balaban J connectivity index is 1.61. The van der Waals surface area contributed by atoms with Gasteiger partial charge in [-0.2, -0.15) is 0 Å². The lowest BCUT2D eigenvalue weighted by atomic mass is 10.1. The van der Waals surface area contributed by atoms with Crippen molar-refractivity contribution < 1.29 is 18.1 Å². The largest absolute Gasteiger partial charge is 0.381 e. The Bertz CT molecular complexity index is 1110. The third-order valence-electron chi connectivity index (χ3n) is 6.58. The molecule has 33 heavy (non-hydrogen) atoms. The third kappa shape index (κ3) is 4.84.